The third-order valence-electron chi connectivity index (χ3n) is 3.12. The van der Waals surface area contributed by atoms with Gasteiger partial charge in [0.25, 0.3) is 0 Å². The van der Waals surface area contributed by atoms with Crippen LogP contribution in [0.4, 0.5) is 0 Å². The van der Waals surface area contributed by atoms with Gasteiger partial charge in [-0.25, -0.2) is 0 Å². The maximum absolute atomic E-state index is 12.2. The number of oxime groups is 1. The Bertz CT molecular complexity index is 365. The van der Waals surface area contributed by atoms with Gasteiger partial charge in [0.05, 0.1) is 0 Å². The van der Waals surface area contributed by atoms with Crippen LogP contribution >= 0.6 is 0 Å². The van der Waals surface area contributed by atoms with E-state index in [2.05, 4.69) is 5.16 Å². The van der Waals surface area contributed by atoms with Crippen LogP contribution in [0.1, 0.15) is 26.7 Å². The Kier molecular flexibility index (Phi) is 3.59. The number of rotatable bonds is 3. The molecule has 2 amide bonds. The van der Waals surface area contributed by atoms with Crippen LogP contribution in [0.15, 0.2) is 5.16 Å². The van der Waals surface area contributed by atoms with E-state index in [1.807, 2.05) is 0 Å². The number of primary amides is 1. The minimum atomic E-state index is -1.15. The van der Waals surface area contributed by atoms with Crippen LogP contribution in [0.2, 0.25) is 0 Å². The number of hydrogen-bond acceptors (Lipinski definition) is 4. The number of likely N-dealkylation sites (tertiary alicyclic amines) is 1. The zero-order chi connectivity index (χ0) is 13.2. The molecule has 0 aromatic rings. The Morgan fingerprint density at radius 2 is 2.00 bits per heavy atom. The third-order valence-corrected chi connectivity index (χ3v) is 3.12. The van der Waals surface area contributed by atoms with Gasteiger partial charge in [-0.05, 0) is 26.7 Å². The zero-order valence-corrected chi connectivity index (χ0v) is 10.0. The lowest BCUT2D eigenvalue weighted by molar-refractivity contribution is -0.141. The number of carbonyl (C=O) groups excluding carboxylic acids is 2. The first-order valence-corrected chi connectivity index (χ1v) is 5.40. The summed E-state index contributed by atoms with van der Waals surface area (Å²) in [5, 5.41) is 11.5. The summed E-state index contributed by atoms with van der Waals surface area (Å²) in [6.07, 6.45) is 1.29. The molecule has 0 spiro atoms. The molecule has 1 unspecified atom stereocenters. The highest BCUT2D eigenvalue weighted by Gasteiger charge is 2.42. The first-order valence-electron chi connectivity index (χ1n) is 5.40. The van der Waals surface area contributed by atoms with Gasteiger partial charge in [0, 0.05) is 6.54 Å². The number of carbonyl (C=O) groups is 2. The van der Waals surface area contributed by atoms with Crippen molar-refractivity contribution in [2.45, 2.75) is 32.7 Å². The molecule has 1 atom stereocenters. The second-order valence-electron chi connectivity index (χ2n) is 4.67. The largest absolute Gasteiger partial charge is 0.409 e. The second-order valence-corrected chi connectivity index (χ2v) is 4.67. The van der Waals surface area contributed by atoms with E-state index in [0.717, 1.165) is 6.42 Å². The van der Waals surface area contributed by atoms with E-state index in [1.165, 1.54) is 4.90 Å². The van der Waals surface area contributed by atoms with E-state index in [1.54, 1.807) is 13.8 Å². The van der Waals surface area contributed by atoms with Crippen molar-refractivity contribution in [3.05, 3.63) is 0 Å². The SMILES string of the molecule is CC(C)(C(=O)N1CCCC1C(N)=O)C(N)=NO. The standard InChI is InChI=1S/C10H18N4O3/c1-10(2,8(12)13-17)9(16)14-5-3-4-6(14)7(11)15/h6,17H,3-5H2,1-2H3,(H2,11,15)(H2,12,13). The number of amidine groups is 1. The molecule has 7 nitrogen and oxygen atoms in total. The maximum Gasteiger partial charge on any atom is 0.240 e. The summed E-state index contributed by atoms with van der Waals surface area (Å²) < 4.78 is 0. The van der Waals surface area contributed by atoms with Crippen LogP contribution in [0.25, 0.3) is 0 Å². The molecule has 0 saturated carbocycles. The van der Waals surface area contributed by atoms with Crippen molar-refractivity contribution in [1.82, 2.24) is 4.90 Å². The Labute approximate surface area is 99.4 Å². The lowest BCUT2D eigenvalue weighted by Gasteiger charge is -2.30. The van der Waals surface area contributed by atoms with Crippen molar-refractivity contribution < 1.29 is 14.8 Å². The highest BCUT2D eigenvalue weighted by molar-refractivity contribution is 6.07. The molecule has 1 saturated heterocycles. The summed E-state index contributed by atoms with van der Waals surface area (Å²) in [5.41, 5.74) is 9.57. The van der Waals surface area contributed by atoms with Gasteiger partial charge in [-0.15, -0.1) is 0 Å². The van der Waals surface area contributed by atoms with Crippen LogP contribution < -0.4 is 11.5 Å². The summed E-state index contributed by atoms with van der Waals surface area (Å²) in [6, 6.07) is -0.590. The summed E-state index contributed by atoms with van der Waals surface area (Å²) in [7, 11) is 0. The lowest BCUT2D eigenvalue weighted by atomic mass is 9.90. The molecule has 1 rings (SSSR count). The van der Waals surface area contributed by atoms with Crippen LogP contribution in [0.5, 0.6) is 0 Å². The van der Waals surface area contributed by atoms with E-state index >= 15 is 0 Å². The maximum atomic E-state index is 12.2. The van der Waals surface area contributed by atoms with Gasteiger partial charge in [0.2, 0.25) is 11.8 Å². The van der Waals surface area contributed by atoms with Crippen molar-refractivity contribution in [1.29, 1.82) is 0 Å². The molecule has 17 heavy (non-hydrogen) atoms. The lowest BCUT2D eigenvalue weighted by Crippen LogP contribution is -2.52. The quantitative estimate of drug-likeness (QED) is 0.260. The zero-order valence-electron chi connectivity index (χ0n) is 10.0. The predicted molar refractivity (Wildman–Crippen MR) is 61.1 cm³/mol. The molecule has 1 aliphatic heterocycles. The summed E-state index contributed by atoms with van der Waals surface area (Å²) >= 11 is 0. The van der Waals surface area contributed by atoms with Crippen LogP contribution in [0, 0.1) is 5.41 Å². The molecule has 0 aromatic carbocycles. The molecule has 1 aliphatic rings. The van der Waals surface area contributed by atoms with E-state index in [9.17, 15) is 9.59 Å². The summed E-state index contributed by atoms with van der Waals surface area (Å²) in [4.78, 5) is 24.8. The van der Waals surface area contributed by atoms with Crippen molar-refractivity contribution in [3.63, 3.8) is 0 Å². The molecular weight excluding hydrogens is 224 g/mol. The van der Waals surface area contributed by atoms with Gasteiger partial charge >= 0.3 is 0 Å². The average molecular weight is 242 g/mol. The number of hydrogen-bond donors (Lipinski definition) is 3. The highest BCUT2D eigenvalue weighted by Crippen LogP contribution is 2.26. The predicted octanol–water partition coefficient (Wildman–Crippen LogP) is -0.765. The fraction of sp³-hybridized carbons (Fsp3) is 0.700. The molecule has 0 aliphatic carbocycles. The van der Waals surface area contributed by atoms with Crippen molar-refractivity contribution in [3.8, 4) is 0 Å². The normalized spacial score (nSPS) is 21.6. The van der Waals surface area contributed by atoms with Gasteiger partial charge < -0.3 is 21.6 Å². The van der Waals surface area contributed by atoms with Crippen molar-refractivity contribution >= 4 is 17.6 Å². The highest BCUT2D eigenvalue weighted by atomic mass is 16.4. The van der Waals surface area contributed by atoms with Gasteiger partial charge in [0.1, 0.15) is 11.5 Å². The first-order chi connectivity index (χ1) is 7.82. The van der Waals surface area contributed by atoms with E-state index in [0.29, 0.717) is 13.0 Å². The average Bonchev–Trinajstić information content (AvgIpc) is 2.75. The number of nitrogens with zero attached hydrogens (tertiary/aromatic N) is 2. The second kappa shape index (κ2) is 4.60. The Morgan fingerprint density at radius 3 is 2.47 bits per heavy atom. The van der Waals surface area contributed by atoms with Crippen LogP contribution in [-0.2, 0) is 9.59 Å². The number of amides is 2. The minimum absolute atomic E-state index is 0.183. The smallest absolute Gasteiger partial charge is 0.240 e. The summed E-state index contributed by atoms with van der Waals surface area (Å²) in [5.74, 6) is -1.06. The molecule has 0 aromatic heterocycles. The molecular formula is C10H18N4O3. The molecule has 1 heterocycles. The minimum Gasteiger partial charge on any atom is -0.409 e. The molecule has 0 radical (unpaired) electrons. The topological polar surface area (TPSA) is 122 Å². The van der Waals surface area contributed by atoms with Gasteiger partial charge in [-0.1, -0.05) is 5.16 Å². The molecule has 1 fully saturated rings. The van der Waals surface area contributed by atoms with Crippen LogP contribution in [-0.4, -0.2) is 40.3 Å². The molecule has 7 heteroatoms. The Morgan fingerprint density at radius 1 is 1.41 bits per heavy atom. The van der Waals surface area contributed by atoms with Crippen LogP contribution in [0.3, 0.4) is 0 Å². The fourth-order valence-corrected chi connectivity index (χ4v) is 1.90. The Balaban J connectivity index is 2.93. The molecule has 96 valence electrons. The summed E-state index contributed by atoms with van der Waals surface area (Å²) in [6.45, 7) is 3.55. The van der Waals surface area contributed by atoms with Gasteiger partial charge in [-0.3, -0.25) is 9.59 Å². The number of nitrogens with two attached hydrogens (primary N) is 2. The van der Waals surface area contributed by atoms with E-state index in [-0.39, 0.29) is 11.7 Å². The molecule has 0 bridgehead atoms. The third kappa shape index (κ3) is 2.32. The van der Waals surface area contributed by atoms with Crippen molar-refractivity contribution in [2.75, 3.05) is 6.54 Å². The Hall–Kier alpha value is -1.79. The monoisotopic (exact) mass is 242 g/mol. The fourth-order valence-electron chi connectivity index (χ4n) is 1.90. The molecule has 5 N–H and O–H groups in total. The van der Waals surface area contributed by atoms with E-state index < -0.39 is 17.4 Å². The van der Waals surface area contributed by atoms with E-state index in [4.69, 9.17) is 16.7 Å². The van der Waals surface area contributed by atoms with Gasteiger partial charge in [-0.2, -0.15) is 0 Å². The van der Waals surface area contributed by atoms with Crippen molar-refractivity contribution in [2.24, 2.45) is 22.0 Å². The van der Waals surface area contributed by atoms with Gasteiger partial charge in [0.15, 0.2) is 5.84 Å². The first kappa shape index (κ1) is 13.3.